The number of aliphatic hydroxyl groups is 1. The summed E-state index contributed by atoms with van der Waals surface area (Å²) in [6.45, 7) is 1.23. The molecule has 0 aliphatic heterocycles. The molecule has 1 atom stereocenters. The Hall–Kier alpha value is -1.86. The molecule has 2 rings (SSSR count). The third kappa shape index (κ3) is 4.57. The van der Waals surface area contributed by atoms with E-state index in [1.807, 2.05) is 36.2 Å². The Bertz CT molecular complexity index is 634. The van der Waals surface area contributed by atoms with Crippen molar-refractivity contribution in [2.24, 2.45) is 0 Å². The Morgan fingerprint density at radius 3 is 2.57 bits per heavy atom. The van der Waals surface area contributed by atoms with Gasteiger partial charge in [-0.2, -0.15) is 5.26 Å². The summed E-state index contributed by atoms with van der Waals surface area (Å²) in [5.41, 5.74) is 2.57. The van der Waals surface area contributed by atoms with E-state index in [9.17, 15) is 5.11 Å². The lowest BCUT2D eigenvalue weighted by Crippen LogP contribution is -2.24. The molecule has 0 saturated heterocycles. The number of rotatable bonds is 5. The van der Waals surface area contributed by atoms with Crippen LogP contribution in [0.2, 0.25) is 5.02 Å². The number of aliphatic hydroxyl groups excluding tert-OH is 1. The van der Waals surface area contributed by atoms with Crippen molar-refractivity contribution in [2.75, 3.05) is 13.6 Å². The number of hydrogen-bond acceptors (Lipinski definition) is 3. The van der Waals surface area contributed by atoms with Crippen molar-refractivity contribution in [3.8, 4) is 6.07 Å². The number of hydrogen-bond donors (Lipinski definition) is 1. The second kappa shape index (κ2) is 7.24. The minimum atomic E-state index is -0.577. The third-order valence-electron chi connectivity index (χ3n) is 3.25. The van der Waals surface area contributed by atoms with Crippen LogP contribution >= 0.6 is 11.6 Å². The molecule has 0 aromatic heterocycles. The standard InChI is InChI=1S/C17H17ClN2O/c1-20(11-14-7-5-13(10-19)6-8-14)12-17(21)15-3-2-4-16(18)9-15/h2-9,17,21H,11-12H2,1H3. The highest BCUT2D eigenvalue weighted by Crippen LogP contribution is 2.19. The summed E-state index contributed by atoms with van der Waals surface area (Å²) in [4.78, 5) is 2.03. The highest BCUT2D eigenvalue weighted by Gasteiger charge is 2.11. The number of nitriles is 1. The van der Waals surface area contributed by atoms with Crippen LogP contribution in [0.25, 0.3) is 0 Å². The Kier molecular flexibility index (Phi) is 5.35. The summed E-state index contributed by atoms with van der Waals surface area (Å²) < 4.78 is 0. The predicted octanol–water partition coefficient (Wildman–Crippen LogP) is 3.38. The van der Waals surface area contributed by atoms with Gasteiger partial charge in [0.1, 0.15) is 0 Å². The van der Waals surface area contributed by atoms with Gasteiger partial charge in [0, 0.05) is 18.1 Å². The van der Waals surface area contributed by atoms with Gasteiger partial charge in [0.25, 0.3) is 0 Å². The zero-order chi connectivity index (χ0) is 15.2. The van der Waals surface area contributed by atoms with Crippen LogP contribution in [0.4, 0.5) is 0 Å². The Morgan fingerprint density at radius 1 is 1.24 bits per heavy atom. The molecule has 0 aliphatic rings. The lowest BCUT2D eigenvalue weighted by atomic mass is 10.1. The van der Waals surface area contributed by atoms with E-state index in [0.29, 0.717) is 23.7 Å². The molecule has 0 aliphatic carbocycles. The first-order valence-corrected chi connectivity index (χ1v) is 7.07. The zero-order valence-electron chi connectivity index (χ0n) is 11.8. The van der Waals surface area contributed by atoms with Gasteiger partial charge in [-0.05, 0) is 42.4 Å². The van der Waals surface area contributed by atoms with Gasteiger partial charge in [-0.1, -0.05) is 35.9 Å². The summed E-state index contributed by atoms with van der Waals surface area (Å²) in [5.74, 6) is 0. The molecule has 0 heterocycles. The molecule has 21 heavy (non-hydrogen) atoms. The summed E-state index contributed by atoms with van der Waals surface area (Å²) in [6.07, 6.45) is -0.577. The first kappa shape index (κ1) is 15.5. The molecule has 108 valence electrons. The molecule has 4 heteroatoms. The van der Waals surface area contributed by atoms with Crippen molar-refractivity contribution in [1.29, 1.82) is 5.26 Å². The maximum atomic E-state index is 10.2. The van der Waals surface area contributed by atoms with E-state index in [0.717, 1.165) is 11.1 Å². The van der Waals surface area contributed by atoms with Gasteiger partial charge < -0.3 is 5.11 Å². The smallest absolute Gasteiger partial charge is 0.0991 e. The fourth-order valence-electron chi connectivity index (χ4n) is 2.18. The van der Waals surface area contributed by atoms with E-state index < -0.39 is 6.10 Å². The first-order valence-electron chi connectivity index (χ1n) is 6.69. The van der Waals surface area contributed by atoms with E-state index in [2.05, 4.69) is 6.07 Å². The largest absolute Gasteiger partial charge is 0.387 e. The Labute approximate surface area is 130 Å². The number of halogens is 1. The average Bonchev–Trinajstić information content (AvgIpc) is 2.48. The second-order valence-electron chi connectivity index (χ2n) is 5.08. The van der Waals surface area contributed by atoms with E-state index in [-0.39, 0.29) is 0 Å². The van der Waals surface area contributed by atoms with E-state index in [1.54, 1.807) is 24.3 Å². The minimum absolute atomic E-state index is 0.514. The molecule has 1 N–H and O–H groups in total. The topological polar surface area (TPSA) is 47.3 Å². The maximum Gasteiger partial charge on any atom is 0.0991 e. The van der Waals surface area contributed by atoms with Crippen molar-refractivity contribution in [3.05, 3.63) is 70.2 Å². The van der Waals surface area contributed by atoms with Crippen LogP contribution < -0.4 is 0 Å². The van der Waals surface area contributed by atoms with Crippen molar-refractivity contribution in [2.45, 2.75) is 12.6 Å². The van der Waals surface area contributed by atoms with Crippen LogP contribution in [-0.4, -0.2) is 23.6 Å². The fourth-order valence-corrected chi connectivity index (χ4v) is 2.37. The number of benzene rings is 2. The summed E-state index contributed by atoms with van der Waals surface area (Å²) >= 11 is 5.93. The van der Waals surface area contributed by atoms with Gasteiger partial charge in [-0.25, -0.2) is 0 Å². The van der Waals surface area contributed by atoms with Crippen LogP contribution in [0.15, 0.2) is 48.5 Å². The molecule has 1 unspecified atom stereocenters. The third-order valence-corrected chi connectivity index (χ3v) is 3.49. The zero-order valence-corrected chi connectivity index (χ0v) is 12.6. The van der Waals surface area contributed by atoms with Gasteiger partial charge in [0.05, 0.1) is 17.7 Å². The molecule has 0 spiro atoms. The Morgan fingerprint density at radius 2 is 1.95 bits per heavy atom. The van der Waals surface area contributed by atoms with Gasteiger partial charge in [-0.3, -0.25) is 4.90 Å². The van der Waals surface area contributed by atoms with E-state index in [4.69, 9.17) is 16.9 Å². The van der Waals surface area contributed by atoms with E-state index >= 15 is 0 Å². The molecular formula is C17H17ClN2O. The Balaban J connectivity index is 1.94. The fraction of sp³-hybridized carbons (Fsp3) is 0.235. The van der Waals surface area contributed by atoms with Crippen molar-refractivity contribution < 1.29 is 5.11 Å². The molecule has 0 bridgehead atoms. The molecular weight excluding hydrogens is 284 g/mol. The van der Waals surface area contributed by atoms with Crippen molar-refractivity contribution in [1.82, 2.24) is 4.90 Å². The molecule has 0 fully saturated rings. The minimum Gasteiger partial charge on any atom is -0.387 e. The van der Waals surface area contributed by atoms with Crippen LogP contribution in [0, 0.1) is 11.3 Å². The second-order valence-corrected chi connectivity index (χ2v) is 5.51. The van der Waals surface area contributed by atoms with Gasteiger partial charge >= 0.3 is 0 Å². The average molecular weight is 301 g/mol. The molecule has 0 amide bonds. The quantitative estimate of drug-likeness (QED) is 0.921. The van der Waals surface area contributed by atoms with E-state index in [1.165, 1.54) is 0 Å². The SMILES string of the molecule is CN(Cc1ccc(C#N)cc1)CC(O)c1cccc(Cl)c1. The molecule has 3 nitrogen and oxygen atoms in total. The van der Waals surface area contributed by atoms with Crippen molar-refractivity contribution >= 4 is 11.6 Å². The van der Waals surface area contributed by atoms with Crippen LogP contribution in [0.5, 0.6) is 0 Å². The summed E-state index contributed by atoms with van der Waals surface area (Å²) in [6, 6.07) is 16.8. The number of likely N-dealkylation sites (N-methyl/N-ethyl adjacent to an activating group) is 1. The highest BCUT2D eigenvalue weighted by molar-refractivity contribution is 6.30. The van der Waals surface area contributed by atoms with Gasteiger partial charge in [-0.15, -0.1) is 0 Å². The first-order chi connectivity index (χ1) is 10.1. The lowest BCUT2D eigenvalue weighted by molar-refractivity contribution is 0.124. The summed E-state index contributed by atoms with van der Waals surface area (Å²) in [5, 5.41) is 19.6. The van der Waals surface area contributed by atoms with Crippen LogP contribution in [0.3, 0.4) is 0 Å². The predicted molar refractivity (Wildman–Crippen MR) is 83.9 cm³/mol. The number of nitrogens with zero attached hydrogens (tertiary/aromatic N) is 2. The summed E-state index contributed by atoms with van der Waals surface area (Å²) in [7, 11) is 1.95. The van der Waals surface area contributed by atoms with Crippen molar-refractivity contribution in [3.63, 3.8) is 0 Å². The van der Waals surface area contributed by atoms with Crippen LogP contribution in [0.1, 0.15) is 22.8 Å². The molecule has 0 radical (unpaired) electrons. The van der Waals surface area contributed by atoms with Gasteiger partial charge in [0.15, 0.2) is 0 Å². The van der Waals surface area contributed by atoms with Gasteiger partial charge in [0.2, 0.25) is 0 Å². The highest BCUT2D eigenvalue weighted by atomic mass is 35.5. The lowest BCUT2D eigenvalue weighted by Gasteiger charge is -2.21. The monoisotopic (exact) mass is 300 g/mol. The normalized spacial score (nSPS) is 12.1. The van der Waals surface area contributed by atoms with Crippen LogP contribution in [-0.2, 0) is 6.54 Å². The maximum absolute atomic E-state index is 10.2. The molecule has 0 saturated carbocycles. The molecule has 2 aromatic carbocycles. The molecule has 2 aromatic rings.